The van der Waals surface area contributed by atoms with E-state index in [1.54, 1.807) is 24.3 Å². The second kappa shape index (κ2) is 8.58. The van der Waals surface area contributed by atoms with E-state index in [4.69, 9.17) is 30.5 Å². The van der Waals surface area contributed by atoms with Crippen molar-refractivity contribution in [2.75, 3.05) is 25.6 Å². The topological polar surface area (TPSA) is 74.7 Å². The number of benzene rings is 2. The molecule has 2 aliphatic heterocycles. The minimum atomic E-state index is -1.17. The Morgan fingerprint density at radius 2 is 1.97 bits per heavy atom. The van der Waals surface area contributed by atoms with Gasteiger partial charge in [-0.25, -0.2) is 18.7 Å². The molecule has 0 saturated carbocycles. The van der Waals surface area contributed by atoms with Gasteiger partial charge in [-0.2, -0.15) is 0 Å². The fourth-order valence-electron chi connectivity index (χ4n) is 3.85. The third kappa shape index (κ3) is 3.75. The zero-order chi connectivity index (χ0) is 22.4. The lowest BCUT2D eigenvalue weighted by molar-refractivity contribution is 0.0271. The molecule has 0 aliphatic carbocycles. The Morgan fingerprint density at radius 1 is 1.16 bits per heavy atom. The summed E-state index contributed by atoms with van der Waals surface area (Å²) in [4.78, 5) is 8.52. The van der Waals surface area contributed by atoms with E-state index in [-0.39, 0.29) is 23.9 Å². The van der Waals surface area contributed by atoms with Gasteiger partial charge in [-0.3, -0.25) is 0 Å². The van der Waals surface area contributed by atoms with Crippen molar-refractivity contribution in [3.05, 3.63) is 45.9 Å². The zero-order valence-corrected chi connectivity index (χ0v) is 19.0. The fraction of sp³-hybridized carbons (Fsp3) is 0.333. The van der Waals surface area contributed by atoms with Crippen LogP contribution in [-0.2, 0) is 9.47 Å². The number of rotatable bonds is 5. The largest absolute Gasteiger partial charge is 0.493 e. The average molecular weight is 529 g/mol. The molecule has 0 amide bonds. The van der Waals surface area contributed by atoms with Crippen LogP contribution in [0.4, 0.5) is 20.3 Å². The highest BCUT2D eigenvalue weighted by molar-refractivity contribution is 9.10. The maximum atomic E-state index is 14.6. The van der Waals surface area contributed by atoms with Gasteiger partial charge in [0.1, 0.15) is 24.4 Å². The highest BCUT2D eigenvalue weighted by Gasteiger charge is 2.49. The lowest BCUT2D eigenvalue weighted by atomic mass is 10.1. The smallest absolute Gasteiger partial charge is 0.166 e. The van der Waals surface area contributed by atoms with Crippen molar-refractivity contribution >= 4 is 49.9 Å². The highest BCUT2D eigenvalue weighted by Crippen LogP contribution is 2.39. The van der Waals surface area contributed by atoms with E-state index in [0.717, 1.165) is 0 Å². The van der Waals surface area contributed by atoms with Gasteiger partial charge in [0.15, 0.2) is 29.6 Å². The molecule has 3 aromatic rings. The van der Waals surface area contributed by atoms with Crippen LogP contribution in [-0.4, -0.2) is 54.8 Å². The van der Waals surface area contributed by atoms with Crippen molar-refractivity contribution < 1.29 is 27.7 Å². The van der Waals surface area contributed by atoms with Gasteiger partial charge in [0.2, 0.25) is 0 Å². The lowest BCUT2D eigenvalue weighted by Crippen LogP contribution is -2.33. The van der Waals surface area contributed by atoms with Crippen LogP contribution in [0.2, 0.25) is 5.02 Å². The van der Waals surface area contributed by atoms with E-state index in [9.17, 15) is 8.78 Å². The van der Waals surface area contributed by atoms with Crippen molar-refractivity contribution in [1.29, 1.82) is 0 Å². The number of ether oxygens (including phenoxy) is 4. The Balaban J connectivity index is 1.47. The summed E-state index contributed by atoms with van der Waals surface area (Å²) in [6.07, 6.45) is -1.41. The molecule has 168 valence electrons. The van der Waals surface area contributed by atoms with Crippen LogP contribution in [0.25, 0.3) is 10.9 Å². The number of nitrogens with one attached hydrogen (secondary N) is 1. The predicted octanol–water partition coefficient (Wildman–Crippen LogP) is 4.82. The third-order valence-corrected chi connectivity index (χ3v) is 6.69. The number of aromatic nitrogens is 2. The van der Waals surface area contributed by atoms with E-state index in [0.29, 0.717) is 32.7 Å². The minimum Gasteiger partial charge on any atom is -0.493 e. The molecule has 4 atom stereocenters. The minimum absolute atomic E-state index is 0.0110. The molecule has 3 heterocycles. The van der Waals surface area contributed by atoms with E-state index in [1.807, 2.05) is 0 Å². The monoisotopic (exact) mass is 527 g/mol. The van der Waals surface area contributed by atoms with Crippen molar-refractivity contribution in [1.82, 2.24) is 9.97 Å². The van der Waals surface area contributed by atoms with Gasteiger partial charge in [0, 0.05) is 15.9 Å². The first-order chi connectivity index (χ1) is 15.5. The maximum Gasteiger partial charge on any atom is 0.166 e. The molecule has 2 fully saturated rings. The number of halogens is 4. The fourth-order valence-corrected chi connectivity index (χ4v) is 4.32. The second-order valence-corrected chi connectivity index (χ2v) is 8.59. The molecule has 2 aliphatic rings. The van der Waals surface area contributed by atoms with Gasteiger partial charge in [0.05, 0.1) is 36.6 Å². The van der Waals surface area contributed by atoms with Crippen LogP contribution in [0, 0.1) is 5.82 Å². The van der Waals surface area contributed by atoms with Crippen molar-refractivity contribution in [3.8, 4) is 11.5 Å². The predicted molar refractivity (Wildman–Crippen MR) is 117 cm³/mol. The first-order valence-electron chi connectivity index (χ1n) is 9.73. The summed E-state index contributed by atoms with van der Waals surface area (Å²) in [6, 6.07) is 6.55. The number of fused-ring (bicyclic) bond motifs is 2. The summed E-state index contributed by atoms with van der Waals surface area (Å²) in [5, 5.41) is 3.49. The molecule has 0 spiro atoms. The van der Waals surface area contributed by atoms with Crippen molar-refractivity contribution in [3.63, 3.8) is 0 Å². The van der Waals surface area contributed by atoms with E-state index in [1.165, 1.54) is 13.4 Å². The van der Waals surface area contributed by atoms with Crippen LogP contribution >= 0.6 is 27.5 Å². The maximum absolute atomic E-state index is 14.6. The number of hydrogen-bond acceptors (Lipinski definition) is 7. The molecular weight excluding hydrogens is 512 g/mol. The molecular formula is C21H17BrClF2N3O4. The Kier molecular flexibility index (Phi) is 5.79. The molecule has 7 nitrogen and oxygen atoms in total. The average Bonchev–Trinajstić information content (AvgIpc) is 3.37. The molecule has 5 rings (SSSR count). The standard InChI is InChI=1S/C21H17BrClF2N3O4/c1-29-14-4-9-13(5-15(14)32-16-7-31-19-11(24)6-30-20(16)19)26-8-27-21(9)28-12-3-2-10(22)17(23)18(12)25/h2-5,8,11,16,19-20H,6-7H2,1H3,(H,26,27,28)/t11-,16-,19+,20?/m1/s1. The molecule has 1 unspecified atom stereocenters. The Labute approximate surface area is 195 Å². The Bertz CT molecular complexity index is 1190. The number of nitrogens with zero attached hydrogens (tertiary/aromatic N) is 2. The number of methoxy groups -OCH3 is 1. The molecule has 0 bridgehead atoms. The van der Waals surface area contributed by atoms with Crippen LogP contribution in [0.1, 0.15) is 0 Å². The molecule has 1 N–H and O–H groups in total. The van der Waals surface area contributed by atoms with E-state index in [2.05, 4.69) is 31.2 Å². The van der Waals surface area contributed by atoms with Crippen LogP contribution < -0.4 is 14.8 Å². The molecule has 11 heteroatoms. The highest BCUT2D eigenvalue weighted by atomic mass is 79.9. The Hall–Kier alpha value is -2.27. The van der Waals surface area contributed by atoms with Crippen LogP contribution in [0.5, 0.6) is 11.5 Å². The van der Waals surface area contributed by atoms with Crippen LogP contribution in [0.3, 0.4) is 0 Å². The molecule has 32 heavy (non-hydrogen) atoms. The lowest BCUT2D eigenvalue weighted by Gasteiger charge is -2.20. The number of anilines is 2. The van der Waals surface area contributed by atoms with Gasteiger partial charge in [0.25, 0.3) is 0 Å². The number of hydrogen-bond donors (Lipinski definition) is 1. The summed E-state index contributed by atoms with van der Waals surface area (Å²) in [5.74, 6) is 0.560. The quantitative estimate of drug-likeness (QED) is 0.476. The van der Waals surface area contributed by atoms with E-state index >= 15 is 0 Å². The first-order valence-corrected chi connectivity index (χ1v) is 10.9. The molecule has 2 saturated heterocycles. The number of alkyl halides is 1. The summed E-state index contributed by atoms with van der Waals surface area (Å²) >= 11 is 9.18. The molecule has 0 radical (unpaired) electrons. The SMILES string of the molecule is COc1cc2c(Nc3ccc(Br)c(Cl)c3F)ncnc2cc1O[C@@H]1CO[C@@H]2C1OC[C@H]2F. The normalized spacial score (nSPS) is 24.5. The summed E-state index contributed by atoms with van der Waals surface area (Å²) < 4.78 is 51.4. The van der Waals surface area contributed by atoms with E-state index < -0.39 is 30.3 Å². The van der Waals surface area contributed by atoms with Gasteiger partial charge in [-0.15, -0.1) is 0 Å². The van der Waals surface area contributed by atoms with Crippen LogP contribution in [0.15, 0.2) is 35.1 Å². The van der Waals surface area contributed by atoms with Gasteiger partial charge >= 0.3 is 0 Å². The Morgan fingerprint density at radius 3 is 2.78 bits per heavy atom. The first kappa shape index (κ1) is 21.6. The zero-order valence-electron chi connectivity index (χ0n) is 16.6. The summed E-state index contributed by atoms with van der Waals surface area (Å²) in [5.41, 5.74) is 0.693. The molecule has 1 aromatic heterocycles. The van der Waals surface area contributed by atoms with Gasteiger partial charge in [-0.05, 0) is 34.1 Å². The van der Waals surface area contributed by atoms with Gasteiger partial charge < -0.3 is 24.3 Å². The third-order valence-electron chi connectivity index (χ3n) is 5.43. The van der Waals surface area contributed by atoms with Gasteiger partial charge in [-0.1, -0.05) is 11.6 Å². The van der Waals surface area contributed by atoms with Crippen molar-refractivity contribution in [2.24, 2.45) is 0 Å². The van der Waals surface area contributed by atoms with Crippen molar-refractivity contribution in [2.45, 2.75) is 24.5 Å². The second-order valence-electron chi connectivity index (χ2n) is 7.36. The molecule has 2 aromatic carbocycles. The summed E-state index contributed by atoms with van der Waals surface area (Å²) in [7, 11) is 1.50. The summed E-state index contributed by atoms with van der Waals surface area (Å²) in [6.45, 7) is 0.195.